The van der Waals surface area contributed by atoms with Crippen LogP contribution in [0.4, 0.5) is 8.78 Å². The van der Waals surface area contributed by atoms with Gasteiger partial charge in [-0.2, -0.15) is 13.9 Å². The minimum atomic E-state index is -2.89. The van der Waals surface area contributed by atoms with Crippen molar-refractivity contribution in [1.29, 1.82) is 0 Å². The predicted molar refractivity (Wildman–Crippen MR) is 104 cm³/mol. The van der Waals surface area contributed by atoms with Crippen molar-refractivity contribution >= 4 is 5.96 Å². The highest BCUT2D eigenvalue weighted by molar-refractivity contribution is 5.79. The molecule has 0 atom stereocenters. The van der Waals surface area contributed by atoms with Crippen LogP contribution < -0.4 is 20.1 Å². The molecule has 0 aliphatic carbocycles. The number of hydrogen-bond acceptors (Lipinski definition) is 4. The van der Waals surface area contributed by atoms with Crippen LogP contribution >= 0.6 is 0 Å². The maximum absolute atomic E-state index is 12.5. The summed E-state index contributed by atoms with van der Waals surface area (Å²) in [5.41, 5.74) is 0.832. The number of hydrogen-bond donors (Lipinski definition) is 2. The molecule has 7 nitrogen and oxygen atoms in total. The molecule has 1 aromatic carbocycles. The summed E-state index contributed by atoms with van der Waals surface area (Å²) < 4.78 is 36.8. The SMILES string of the molecule is CCNC(=NCc1ccc(OC(F)F)c(OCC)c1)NCCCn1cccn1. The van der Waals surface area contributed by atoms with Crippen LogP contribution in [0.3, 0.4) is 0 Å². The van der Waals surface area contributed by atoms with E-state index in [1.54, 1.807) is 25.3 Å². The molecule has 0 aliphatic rings. The van der Waals surface area contributed by atoms with E-state index in [2.05, 4.69) is 25.5 Å². The van der Waals surface area contributed by atoms with Gasteiger partial charge in [0.05, 0.1) is 13.2 Å². The minimum Gasteiger partial charge on any atom is -0.490 e. The number of guanidine groups is 1. The number of alkyl halides is 2. The van der Waals surface area contributed by atoms with Gasteiger partial charge in [0, 0.05) is 32.0 Å². The van der Waals surface area contributed by atoms with Crippen molar-refractivity contribution in [3.8, 4) is 11.5 Å². The van der Waals surface area contributed by atoms with Crippen LogP contribution in [0.1, 0.15) is 25.8 Å². The molecular formula is C19H27F2N5O2. The van der Waals surface area contributed by atoms with Gasteiger partial charge < -0.3 is 20.1 Å². The molecule has 0 aliphatic heterocycles. The van der Waals surface area contributed by atoms with E-state index in [4.69, 9.17) is 4.74 Å². The Balaban J connectivity index is 1.93. The summed E-state index contributed by atoms with van der Waals surface area (Å²) >= 11 is 0. The molecule has 1 heterocycles. The monoisotopic (exact) mass is 395 g/mol. The number of halogens is 2. The Bertz CT molecular complexity index is 723. The summed E-state index contributed by atoms with van der Waals surface area (Å²) in [6.45, 7) is 3.92. The van der Waals surface area contributed by atoms with E-state index in [-0.39, 0.29) is 11.5 Å². The number of nitrogens with zero attached hydrogens (tertiary/aromatic N) is 3. The van der Waals surface area contributed by atoms with Gasteiger partial charge in [-0.25, -0.2) is 4.99 Å². The Morgan fingerprint density at radius 1 is 1.25 bits per heavy atom. The van der Waals surface area contributed by atoms with Gasteiger partial charge in [-0.15, -0.1) is 0 Å². The summed E-state index contributed by atoms with van der Waals surface area (Å²) in [7, 11) is 0. The van der Waals surface area contributed by atoms with Crippen LogP contribution in [0.15, 0.2) is 41.7 Å². The first kappa shape index (κ1) is 21.5. The van der Waals surface area contributed by atoms with Crippen LogP contribution in [-0.2, 0) is 13.1 Å². The first-order chi connectivity index (χ1) is 13.6. The summed E-state index contributed by atoms with van der Waals surface area (Å²) in [6, 6.07) is 6.75. The normalized spacial score (nSPS) is 11.5. The lowest BCUT2D eigenvalue weighted by Gasteiger charge is -2.13. The minimum absolute atomic E-state index is 0.0215. The molecule has 2 rings (SSSR count). The fourth-order valence-corrected chi connectivity index (χ4v) is 2.51. The van der Waals surface area contributed by atoms with Gasteiger partial charge in [-0.1, -0.05) is 6.07 Å². The zero-order valence-electron chi connectivity index (χ0n) is 16.2. The molecule has 0 fully saturated rings. The number of nitrogens with one attached hydrogen (secondary N) is 2. The van der Waals surface area contributed by atoms with Crippen molar-refractivity contribution in [1.82, 2.24) is 20.4 Å². The summed E-state index contributed by atoms with van der Waals surface area (Å²) in [6.07, 6.45) is 4.59. The fraction of sp³-hybridized carbons (Fsp3) is 0.474. The Morgan fingerprint density at radius 3 is 2.79 bits per heavy atom. The lowest BCUT2D eigenvalue weighted by Crippen LogP contribution is -2.38. The van der Waals surface area contributed by atoms with Crippen LogP contribution in [0.25, 0.3) is 0 Å². The number of aliphatic imine (C=N–C) groups is 1. The van der Waals surface area contributed by atoms with Gasteiger partial charge in [-0.05, 0) is 44.0 Å². The number of ether oxygens (including phenoxy) is 2. The Kier molecular flexibility index (Phi) is 9.03. The highest BCUT2D eigenvalue weighted by atomic mass is 19.3. The quantitative estimate of drug-likeness (QED) is 0.348. The first-order valence-electron chi connectivity index (χ1n) is 9.32. The second-order valence-electron chi connectivity index (χ2n) is 5.84. The summed E-state index contributed by atoms with van der Waals surface area (Å²) in [4.78, 5) is 4.54. The maximum atomic E-state index is 12.5. The van der Waals surface area contributed by atoms with E-state index in [1.807, 2.05) is 23.9 Å². The molecule has 154 valence electrons. The Hall–Kier alpha value is -2.84. The molecule has 0 saturated heterocycles. The van der Waals surface area contributed by atoms with Crippen molar-refractivity contribution < 1.29 is 18.3 Å². The third kappa shape index (κ3) is 7.42. The number of rotatable bonds is 11. The van der Waals surface area contributed by atoms with Gasteiger partial charge in [0.15, 0.2) is 17.5 Å². The molecule has 9 heteroatoms. The van der Waals surface area contributed by atoms with E-state index in [0.29, 0.717) is 19.1 Å². The Labute approximate surface area is 163 Å². The average Bonchev–Trinajstić information content (AvgIpc) is 3.18. The number of aryl methyl sites for hydroxylation is 1. The van der Waals surface area contributed by atoms with Crippen LogP contribution in [0.2, 0.25) is 0 Å². The molecule has 28 heavy (non-hydrogen) atoms. The first-order valence-corrected chi connectivity index (χ1v) is 9.32. The Morgan fingerprint density at radius 2 is 2.11 bits per heavy atom. The molecular weight excluding hydrogens is 368 g/mol. The van der Waals surface area contributed by atoms with Gasteiger partial charge in [-0.3, -0.25) is 4.68 Å². The lowest BCUT2D eigenvalue weighted by molar-refractivity contribution is -0.0514. The van der Waals surface area contributed by atoms with Crippen molar-refractivity contribution in [2.24, 2.45) is 4.99 Å². The average molecular weight is 395 g/mol. The van der Waals surface area contributed by atoms with Crippen LogP contribution in [-0.4, -0.2) is 42.0 Å². The second kappa shape index (κ2) is 11.8. The molecule has 0 spiro atoms. The molecule has 0 unspecified atom stereocenters. The molecule has 0 saturated carbocycles. The van der Waals surface area contributed by atoms with E-state index >= 15 is 0 Å². The van der Waals surface area contributed by atoms with Gasteiger partial charge >= 0.3 is 6.61 Å². The maximum Gasteiger partial charge on any atom is 0.387 e. The number of benzene rings is 1. The lowest BCUT2D eigenvalue weighted by atomic mass is 10.2. The summed E-state index contributed by atoms with van der Waals surface area (Å²) in [5.74, 6) is 0.995. The zero-order valence-corrected chi connectivity index (χ0v) is 16.2. The third-order valence-corrected chi connectivity index (χ3v) is 3.70. The van der Waals surface area contributed by atoms with Gasteiger partial charge in [0.25, 0.3) is 0 Å². The highest BCUT2D eigenvalue weighted by Gasteiger charge is 2.11. The third-order valence-electron chi connectivity index (χ3n) is 3.70. The zero-order chi connectivity index (χ0) is 20.2. The predicted octanol–water partition coefficient (Wildman–Crippen LogP) is 3.03. The second-order valence-corrected chi connectivity index (χ2v) is 5.84. The van der Waals surface area contributed by atoms with Crippen LogP contribution in [0.5, 0.6) is 11.5 Å². The van der Waals surface area contributed by atoms with Gasteiger partial charge in [0.1, 0.15) is 0 Å². The van der Waals surface area contributed by atoms with Crippen molar-refractivity contribution in [2.75, 3.05) is 19.7 Å². The molecule has 0 radical (unpaired) electrons. The van der Waals surface area contributed by atoms with Gasteiger partial charge in [0.2, 0.25) is 0 Å². The number of aromatic nitrogens is 2. The van der Waals surface area contributed by atoms with Crippen molar-refractivity contribution in [2.45, 2.75) is 40.0 Å². The highest BCUT2D eigenvalue weighted by Crippen LogP contribution is 2.30. The van der Waals surface area contributed by atoms with E-state index < -0.39 is 6.61 Å². The largest absolute Gasteiger partial charge is 0.490 e. The smallest absolute Gasteiger partial charge is 0.387 e. The van der Waals surface area contributed by atoms with Crippen molar-refractivity contribution in [3.05, 3.63) is 42.2 Å². The van der Waals surface area contributed by atoms with Crippen LogP contribution in [0, 0.1) is 0 Å². The molecule has 0 bridgehead atoms. The van der Waals surface area contributed by atoms with E-state index in [1.165, 1.54) is 6.07 Å². The molecule has 0 amide bonds. The molecule has 2 aromatic rings. The topological polar surface area (TPSA) is 72.7 Å². The summed E-state index contributed by atoms with van der Waals surface area (Å²) in [5, 5.41) is 10.6. The molecule has 2 N–H and O–H groups in total. The standard InChI is InChI=1S/C19H27F2N5O2/c1-3-22-19(23-9-5-11-26-12-6-10-25-26)24-14-15-7-8-16(28-18(20)21)17(13-15)27-4-2/h6-8,10,12-13,18H,3-5,9,11,14H2,1-2H3,(H2,22,23,24). The van der Waals surface area contributed by atoms with E-state index in [0.717, 1.165) is 31.6 Å². The van der Waals surface area contributed by atoms with Crippen molar-refractivity contribution in [3.63, 3.8) is 0 Å². The molecule has 1 aromatic heterocycles. The van der Waals surface area contributed by atoms with E-state index in [9.17, 15) is 8.78 Å². The fourth-order valence-electron chi connectivity index (χ4n) is 2.51.